The summed E-state index contributed by atoms with van der Waals surface area (Å²) in [5.74, 6) is -2.27. The Morgan fingerprint density at radius 3 is 2.33 bits per heavy atom. The third-order valence-electron chi connectivity index (χ3n) is 2.05. The second-order valence-corrected chi connectivity index (χ2v) is 4.05. The summed E-state index contributed by atoms with van der Waals surface area (Å²) >= 11 is 2.91. The molecule has 1 rings (SSSR count). The summed E-state index contributed by atoms with van der Waals surface area (Å²) in [6.45, 7) is 0. The van der Waals surface area contributed by atoms with E-state index in [0.29, 0.717) is 6.07 Å². The average Bonchev–Trinajstić information content (AvgIpc) is 2.28. The second kappa shape index (κ2) is 5.85. The predicted molar refractivity (Wildman–Crippen MR) is 57.8 cm³/mol. The highest BCUT2D eigenvalue weighted by Gasteiger charge is 2.32. The smallest absolute Gasteiger partial charge is 0.403 e. The topological polar surface area (TPSA) is 49.7 Å². The molecule has 0 fully saturated rings. The molecule has 2 N–H and O–H groups in total. The number of ether oxygens (including phenoxy) is 1. The van der Waals surface area contributed by atoms with Gasteiger partial charge in [-0.3, -0.25) is 0 Å². The first-order valence-corrected chi connectivity index (χ1v) is 5.84. The molecule has 1 aromatic carbocycles. The Morgan fingerprint density at radius 2 is 1.89 bits per heavy atom. The number of hydrogen-bond acceptors (Lipinski definition) is 3. The molecule has 0 amide bonds. The van der Waals surface area contributed by atoms with E-state index in [1.54, 1.807) is 0 Å². The van der Waals surface area contributed by atoms with Crippen molar-refractivity contribution in [1.82, 2.24) is 0 Å². The van der Waals surface area contributed by atoms with Crippen LogP contribution < -0.4 is 4.74 Å². The maximum absolute atomic E-state index is 13.3. The first-order valence-electron chi connectivity index (χ1n) is 4.72. The third-order valence-corrected chi connectivity index (χ3v) is 2.71. The van der Waals surface area contributed by atoms with Gasteiger partial charge in [0, 0.05) is 5.33 Å². The van der Waals surface area contributed by atoms with Crippen LogP contribution in [0.5, 0.6) is 5.75 Å². The van der Waals surface area contributed by atoms with E-state index < -0.39 is 30.1 Å². The second-order valence-electron chi connectivity index (χ2n) is 3.40. The van der Waals surface area contributed by atoms with E-state index in [4.69, 9.17) is 0 Å². The van der Waals surface area contributed by atoms with E-state index in [-0.39, 0.29) is 10.9 Å². The highest BCUT2D eigenvalue weighted by molar-refractivity contribution is 9.09. The summed E-state index contributed by atoms with van der Waals surface area (Å²) in [7, 11) is 0. The largest absolute Gasteiger partial charge is 0.573 e. The summed E-state index contributed by atoms with van der Waals surface area (Å²) in [6.07, 6.45) is -7.59. The Balaban J connectivity index is 2.92. The molecule has 2 unspecified atom stereocenters. The zero-order valence-electron chi connectivity index (χ0n) is 8.79. The van der Waals surface area contributed by atoms with Crippen LogP contribution >= 0.6 is 15.9 Å². The van der Waals surface area contributed by atoms with Gasteiger partial charge in [0.1, 0.15) is 6.10 Å². The van der Waals surface area contributed by atoms with Crippen molar-refractivity contribution in [2.75, 3.05) is 5.33 Å². The van der Waals surface area contributed by atoms with Gasteiger partial charge in [0.25, 0.3) is 0 Å². The van der Waals surface area contributed by atoms with Gasteiger partial charge in [0.05, 0.1) is 6.10 Å². The molecule has 0 saturated carbocycles. The van der Waals surface area contributed by atoms with Crippen LogP contribution in [0.1, 0.15) is 11.7 Å². The molecule has 0 heterocycles. The molecule has 0 aromatic heterocycles. The van der Waals surface area contributed by atoms with Crippen LogP contribution in [-0.2, 0) is 0 Å². The van der Waals surface area contributed by atoms with Gasteiger partial charge in [0.15, 0.2) is 11.6 Å². The number of hydrogen-bond donors (Lipinski definition) is 2. The molecule has 3 nitrogen and oxygen atoms in total. The normalized spacial score (nSPS) is 15.3. The quantitative estimate of drug-likeness (QED) is 0.658. The molecule has 0 bridgehead atoms. The van der Waals surface area contributed by atoms with Crippen LogP contribution in [0.25, 0.3) is 0 Å². The molecule has 0 aliphatic carbocycles. The Kier molecular flexibility index (Phi) is 4.94. The molecule has 18 heavy (non-hydrogen) atoms. The number of aliphatic hydroxyl groups excluding tert-OH is 2. The number of benzene rings is 1. The summed E-state index contributed by atoms with van der Waals surface area (Å²) in [5.41, 5.74) is -0.0472. The Bertz CT molecular complexity index is 411. The third kappa shape index (κ3) is 4.11. The lowest BCUT2D eigenvalue weighted by atomic mass is 10.1. The fourth-order valence-electron chi connectivity index (χ4n) is 1.22. The summed E-state index contributed by atoms with van der Waals surface area (Å²) in [4.78, 5) is 0. The Morgan fingerprint density at radius 1 is 1.28 bits per heavy atom. The molecule has 8 heteroatoms. The average molecular weight is 333 g/mol. The summed E-state index contributed by atoms with van der Waals surface area (Å²) in [6, 6.07) is 2.46. The zero-order chi connectivity index (χ0) is 13.9. The minimum absolute atomic E-state index is 0.0383. The molecule has 102 valence electrons. The molecule has 2 atom stereocenters. The maximum atomic E-state index is 13.3. The van der Waals surface area contributed by atoms with Gasteiger partial charge < -0.3 is 14.9 Å². The number of rotatable bonds is 4. The van der Waals surface area contributed by atoms with Gasteiger partial charge in [-0.2, -0.15) is 0 Å². The van der Waals surface area contributed by atoms with E-state index in [1.165, 1.54) is 0 Å². The van der Waals surface area contributed by atoms with Crippen LogP contribution in [-0.4, -0.2) is 28.0 Å². The monoisotopic (exact) mass is 332 g/mol. The standard InChI is InChI=1S/C10H9BrF4O3/c11-4-7(16)9(17)5-1-2-8(6(12)3-5)18-10(13,14)15/h1-3,7,9,16-17H,4H2. The summed E-state index contributed by atoms with van der Waals surface area (Å²) < 4.78 is 52.3. The van der Waals surface area contributed by atoms with Gasteiger partial charge in [-0.1, -0.05) is 22.0 Å². The van der Waals surface area contributed by atoms with Gasteiger partial charge in [-0.25, -0.2) is 4.39 Å². The van der Waals surface area contributed by atoms with E-state index in [9.17, 15) is 27.8 Å². The number of aliphatic hydroxyl groups is 2. The highest BCUT2D eigenvalue weighted by Crippen LogP contribution is 2.28. The van der Waals surface area contributed by atoms with Crippen molar-refractivity contribution in [2.24, 2.45) is 0 Å². The van der Waals surface area contributed by atoms with Crippen molar-refractivity contribution in [3.63, 3.8) is 0 Å². The van der Waals surface area contributed by atoms with Crippen molar-refractivity contribution in [1.29, 1.82) is 0 Å². The van der Waals surface area contributed by atoms with Crippen LogP contribution in [0.15, 0.2) is 18.2 Å². The van der Waals surface area contributed by atoms with Gasteiger partial charge in [-0.05, 0) is 17.7 Å². The number of halogens is 5. The summed E-state index contributed by atoms with van der Waals surface area (Å²) in [5, 5.41) is 18.9. The molecule has 0 radical (unpaired) electrons. The molecule has 0 aliphatic heterocycles. The Hall–Kier alpha value is -0.860. The van der Waals surface area contributed by atoms with Gasteiger partial charge in [-0.15, -0.1) is 13.2 Å². The van der Waals surface area contributed by atoms with Crippen molar-refractivity contribution in [2.45, 2.75) is 18.6 Å². The van der Waals surface area contributed by atoms with E-state index in [2.05, 4.69) is 20.7 Å². The lowest BCUT2D eigenvalue weighted by Gasteiger charge is -2.17. The van der Waals surface area contributed by atoms with Crippen LogP contribution in [0.3, 0.4) is 0 Å². The molecular formula is C10H9BrF4O3. The van der Waals surface area contributed by atoms with Crippen molar-refractivity contribution < 1.29 is 32.5 Å². The lowest BCUT2D eigenvalue weighted by molar-refractivity contribution is -0.275. The highest BCUT2D eigenvalue weighted by atomic mass is 79.9. The first kappa shape index (κ1) is 15.2. The Labute approximate surface area is 108 Å². The molecule has 0 spiro atoms. The van der Waals surface area contributed by atoms with Crippen molar-refractivity contribution in [3.05, 3.63) is 29.6 Å². The van der Waals surface area contributed by atoms with E-state index >= 15 is 0 Å². The zero-order valence-corrected chi connectivity index (χ0v) is 10.4. The first-order chi connectivity index (χ1) is 8.24. The molecule has 0 aliphatic rings. The van der Waals surface area contributed by atoms with Crippen molar-refractivity contribution >= 4 is 15.9 Å². The molecule has 1 aromatic rings. The molecule has 0 saturated heterocycles. The predicted octanol–water partition coefficient (Wildman–Crippen LogP) is 2.51. The SMILES string of the molecule is OC(CBr)C(O)c1ccc(OC(F)(F)F)c(F)c1. The lowest BCUT2D eigenvalue weighted by Crippen LogP contribution is -2.20. The van der Waals surface area contributed by atoms with Crippen LogP contribution in [0.2, 0.25) is 0 Å². The van der Waals surface area contributed by atoms with E-state index in [0.717, 1.165) is 12.1 Å². The van der Waals surface area contributed by atoms with Gasteiger partial charge in [0.2, 0.25) is 0 Å². The van der Waals surface area contributed by atoms with Crippen molar-refractivity contribution in [3.8, 4) is 5.75 Å². The van der Waals surface area contributed by atoms with Crippen LogP contribution in [0.4, 0.5) is 17.6 Å². The fraction of sp³-hybridized carbons (Fsp3) is 0.400. The number of alkyl halides is 4. The fourth-order valence-corrected chi connectivity index (χ4v) is 1.57. The van der Waals surface area contributed by atoms with E-state index in [1.807, 2.05) is 0 Å². The van der Waals surface area contributed by atoms with Crippen LogP contribution in [0, 0.1) is 5.82 Å². The van der Waals surface area contributed by atoms with Gasteiger partial charge >= 0.3 is 6.36 Å². The minimum Gasteiger partial charge on any atom is -0.403 e. The maximum Gasteiger partial charge on any atom is 0.573 e. The minimum atomic E-state index is -4.99. The molecular weight excluding hydrogens is 324 g/mol.